The quantitative estimate of drug-likeness (QED) is 0.847. The number of carbonyl (C=O) groups excluding carboxylic acids is 1. The molecule has 2 rings (SSSR count). The summed E-state index contributed by atoms with van der Waals surface area (Å²) in [4.78, 5) is 18.4. The molecule has 110 valence electrons. The molecule has 2 N–H and O–H groups in total. The monoisotopic (exact) mass is 276 g/mol. The highest BCUT2D eigenvalue weighted by Crippen LogP contribution is 2.16. The maximum absolute atomic E-state index is 11.8. The zero-order valence-electron chi connectivity index (χ0n) is 12.3. The number of carbonyl (C=O) groups is 1. The number of hydrogen-bond acceptors (Lipinski definition) is 4. The van der Waals surface area contributed by atoms with E-state index in [9.17, 15) is 4.79 Å². The summed E-state index contributed by atoms with van der Waals surface area (Å²) in [5.41, 5.74) is 0. The number of anilines is 1. The van der Waals surface area contributed by atoms with Gasteiger partial charge in [-0.1, -0.05) is 19.9 Å². The number of amides is 1. The van der Waals surface area contributed by atoms with Gasteiger partial charge in [0, 0.05) is 31.4 Å². The minimum Gasteiger partial charge on any atom is -0.356 e. The van der Waals surface area contributed by atoms with Crippen LogP contribution in [0.1, 0.15) is 26.7 Å². The van der Waals surface area contributed by atoms with Gasteiger partial charge in [0.1, 0.15) is 5.82 Å². The normalized spacial score (nSPS) is 16.4. The summed E-state index contributed by atoms with van der Waals surface area (Å²) in [6.07, 6.45) is 3.77. The lowest BCUT2D eigenvalue weighted by Gasteiger charge is -2.33. The van der Waals surface area contributed by atoms with Crippen molar-refractivity contribution in [3.8, 4) is 0 Å². The van der Waals surface area contributed by atoms with Crippen LogP contribution in [0.5, 0.6) is 0 Å². The van der Waals surface area contributed by atoms with Crippen LogP contribution in [0.25, 0.3) is 0 Å². The summed E-state index contributed by atoms with van der Waals surface area (Å²) in [6.45, 7) is 6.37. The lowest BCUT2D eigenvalue weighted by atomic mass is 10.0. The Kier molecular flexibility index (Phi) is 5.35. The number of piperidine rings is 1. The van der Waals surface area contributed by atoms with Crippen molar-refractivity contribution in [2.45, 2.75) is 38.8 Å². The van der Waals surface area contributed by atoms with Crippen LogP contribution < -0.4 is 15.5 Å². The molecule has 1 fully saturated rings. The number of nitrogens with zero attached hydrogens (tertiary/aromatic N) is 2. The number of rotatable bonds is 5. The lowest BCUT2D eigenvalue weighted by Crippen LogP contribution is -2.47. The third-order valence-corrected chi connectivity index (χ3v) is 3.50. The molecule has 1 aromatic rings. The van der Waals surface area contributed by atoms with Gasteiger partial charge < -0.3 is 15.5 Å². The Balaban J connectivity index is 1.73. The molecule has 0 radical (unpaired) electrons. The molecule has 1 aliphatic heterocycles. The van der Waals surface area contributed by atoms with Crippen LogP contribution in [0.2, 0.25) is 0 Å². The van der Waals surface area contributed by atoms with Gasteiger partial charge in [0.05, 0.1) is 6.54 Å². The average Bonchev–Trinajstić information content (AvgIpc) is 2.47. The van der Waals surface area contributed by atoms with Crippen molar-refractivity contribution < 1.29 is 4.79 Å². The number of pyridine rings is 1. The molecule has 5 heteroatoms. The maximum Gasteiger partial charge on any atom is 0.234 e. The van der Waals surface area contributed by atoms with Crippen LogP contribution in [0.3, 0.4) is 0 Å². The number of nitrogens with one attached hydrogen (secondary N) is 2. The topological polar surface area (TPSA) is 57.3 Å². The Morgan fingerprint density at radius 2 is 2.15 bits per heavy atom. The van der Waals surface area contributed by atoms with E-state index in [0.29, 0.717) is 12.6 Å². The van der Waals surface area contributed by atoms with Gasteiger partial charge in [-0.25, -0.2) is 4.98 Å². The van der Waals surface area contributed by atoms with E-state index in [1.54, 1.807) is 0 Å². The predicted molar refractivity (Wildman–Crippen MR) is 80.8 cm³/mol. The molecule has 0 spiro atoms. The van der Waals surface area contributed by atoms with Crippen molar-refractivity contribution in [3.63, 3.8) is 0 Å². The minimum atomic E-state index is 0.0926. The minimum absolute atomic E-state index is 0.0926. The second-order valence-corrected chi connectivity index (χ2v) is 5.55. The largest absolute Gasteiger partial charge is 0.356 e. The zero-order chi connectivity index (χ0) is 14.4. The van der Waals surface area contributed by atoms with Crippen LogP contribution in [-0.2, 0) is 4.79 Å². The first-order chi connectivity index (χ1) is 9.65. The standard InChI is InChI=1S/C15H24N4O/c1-12(2)17-11-15(20)18-13-6-9-19(10-7-13)14-5-3-4-8-16-14/h3-5,8,12-13,17H,6-7,9-11H2,1-2H3,(H,18,20). The Hall–Kier alpha value is -1.62. The second kappa shape index (κ2) is 7.24. The van der Waals surface area contributed by atoms with Crippen LogP contribution in [0, 0.1) is 0 Å². The Morgan fingerprint density at radius 1 is 1.40 bits per heavy atom. The molecular weight excluding hydrogens is 252 g/mol. The predicted octanol–water partition coefficient (Wildman–Crippen LogP) is 1.16. The van der Waals surface area contributed by atoms with Gasteiger partial charge in [-0.05, 0) is 25.0 Å². The van der Waals surface area contributed by atoms with Gasteiger partial charge in [-0.3, -0.25) is 4.79 Å². The number of hydrogen-bond donors (Lipinski definition) is 2. The van der Waals surface area contributed by atoms with Crippen molar-refractivity contribution in [2.24, 2.45) is 0 Å². The molecule has 20 heavy (non-hydrogen) atoms. The van der Waals surface area contributed by atoms with Gasteiger partial charge in [-0.15, -0.1) is 0 Å². The van der Waals surface area contributed by atoms with Crippen molar-refractivity contribution in [1.29, 1.82) is 0 Å². The molecule has 0 unspecified atom stereocenters. The van der Waals surface area contributed by atoms with Gasteiger partial charge >= 0.3 is 0 Å². The molecule has 2 heterocycles. The molecule has 0 aromatic carbocycles. The van der Waals surface area contributed by atoms with Crippen LogP contribution in [0.15, 0.2) is 24.4 Å². The van der Waals surface area contributed by atoms with Crippen molar-refractivity contribution in [2.75, 3.05) is 24.5 Å². The van der Waals surface area contributed by atoms with E-state index < -0.39 is 0 Å². The van der Waals surface area contributed by atoms with Gasteiger partial charge in [-0.2, -0.15) is 0 Å². The molecule has 0 atom stereocenters. The fourth-order valence-corrected chi connectivity index (χ4v) is 2.37. The van der Waals surface area contributed by atoms with E-state index in [1.165, 1.54) is 0 Å². The number of aromatic nitrogens is 1. The van der Waals surface area contributed by atoms with Crippen molar-refractivity contribution in [3.05, 3.63) is 24.4 Å². The van der Waals surface area contributed by atoms with E-state index in [1.807, 2.05) is 38.2 Å². The zero-order valence-corrected chi connectivity index (χ0v) is 12.3. The van der Waals surface area contributed by atoms with E-state index in [-0.39, 0.29) is 11.9 Å². The Labute approximate surface area is 120 Å². The smallest absolute Gasteiger partial charge is 0.234 e. The maximum atomic E-state index is 11.8. The average molecular weight is 276 g/mol. The SMILES string of the molecule is CC(C)NCC(=O)NC1CCN(c2ccccn2)CC1. The second-order valence-electron chi connectivity index (χ2n) is 5.55. The fraction of sp³-hybridized carbons (Fsp3) is 0.600. The highest BCUT2D eigenvalue weighted by molar-refractivity contribution is 5.78. The van der Waals surface area contributed by atoms with E-state index in [0.717, 1.165) is 31.7 Å². The Bertz CT molecular complexity index is 413. The first-order valence-electron chi connectivity index (χ1n) is 7.34. The molecule has 0 aliphatic carbocycles. The van der Waals surface area contributed by atoms with Crippen molar-refractivity contribution >= 4 is 11.7 Å². The first kappa shape index (κ1) is 14.8. The lowest BCUT2D eigenvalue weighted by molar-refractivity contribution is -0.121. The molecule has 0 bridgehead atoms. The van der Waals surface area contributed by atoms with Gasteiger partial charge in [0.25, 0.3) is 0 Å². The summed E-state index contributed by atoms with van der Waals surface area (Å²) < 4.78 is 0. The van der Waals surface area contributed by atoms with E-state index in [4.69, 9.17) is 0 Å². The highest BCUT2D eigenvalue weighted by atomic mass is 16.2. The summed E-state index contributed by atoms with van der Waals surface area (Å²) >= 11 is 0. The third-order valence-electron chi connectivity index (χ3n) is 3.50. The van der Waals surface area contributed by atoms with Gasteiger partial charge in [0.2, 0.25) is 5.91 Å². The summed E-state index contributed by atoms with van der Waals surface area (Å²) in [6, 6.07) is 6.60. The Morgan fingerprint density at radius 3 is 2.75 bits per heavy atom. The fourth-order valence-electron chi connectivity index (χ4n) is 2.37. The molecule has 1 aromatic heterocycles. The summed E-state index contributed by atoms with van der Waals surface area (Å²) in [5.74, 6) is 1.12. The molecule has 5 nitrogen and oxygen atoms in total. The molecular formula is C15H24N4O. The molecule has 1 saturated heterocycles. The molecule has 1 amide bonds. The van der Waals surface area contributed by atoms with Crippen LogP contribution in [0.4, 0.5) is 5.82 Å². The molecule has 1 aliphatic rings. The van der Waals surface area contributed by atoms with Crippen LogP contribution in [-0.4, -0.2) is 42.6 Å². The van der Waals surface area contributed by atoms with Crippen molar-refractivity contribution in [1.82, 2.24) is 15.6 Å². The third kappa shape index (κ3) is 4.49. The van der Waals surface area contributed by atoms with Gasteiger partial charge in [0.15, 0.2) is 0 Å². The summed E-state index contributed by atoms with van der Waals surface area (Å²) in [5, 5.41) is 6.23. The summed E-state index contributed by atoms with van der Waals surface area (Å²) in [7, 11) is 0. The van der Waals surface area contributed by atoms with E-state index in [2.05, 4.69) is 20.5 Å². The van der Waals surface area contributed by atoms with E-state index >= 15 is 0 Å². The van der Waals surface area contributed by atoms with Crippen LogP contribution >= 0.6 is 0 Å². The first-order valence-corrected chi connectivity index (χ1v) is 7.34. The molecule has 0 saturated carbocycles. The highest BCUT2D eigenvalue weighted by Gasteiger charge is 2.21.